The Morgan fingerprint density at radius 2 is 1.81 bits per heavy atom. The Kier molecular flexibility index (Phi) is 5.56. The van der Waals surface area contributed by atoms with Crippen LogP contribution in [0.3, 0.4) is 0 Å². The lowest BCUT2D eigenvalue weighted by molar-refractivity contribution is 1.13. The van der Waals surface area contributed by atoms with Crippen molar-refractivity contribution in [1.29, 1.82) is 0 Å². The first-order valence-corrected chi connectivity index (χ1v) is 10.1. The third kappa shape index (κ3) is 4.07. The maximum atomic E-state index is 5.57. The minimum absolute atomic E-state index is 0.773. The maximum absolute atomic E-state index is 5.57. The molecule has 0 bridgehead atoms. The minimum Gasteiger partial charge on any atom is -0.233 e. The minimum atomic E-state index is 0.773. The molecule has 131 valence electrons. The van der Waals surface area contributed by atoms with E-state index in [-0.39, 0.29) is 0 Å². The molecule has 1 heterocycles. The Morgan fingerprint density at radius 3 is 2.67 bits per heavy atom. The summed E-state index contributed by atoms with van der Waals surface area (Å²) in [6, 6.07) is 18.9. The molecule has 4 rings (SSSR count). The summed E-state index contributed by atoms with van der Waals surface area (Å²) < 4.78 is 0. The van der Waals surface area contributed by atoms with Gasteiger partial charge in [0.05, 0.1) is 5.69 Å². The van der Waals surface area contributed by atoms with Gasteiger partial charge < -0.3 is 0 Å². The predicted octanol–water partition coefficient (Wildman–Crippen LogP) is 5.95. The van der Waals surface area contributed by atoms with E-state index in [0.717, 1.165) is 39.4 Å². The number of nitrogens with zero attached hydrogens (tertiary/aromatic N) is 2. The van der Waals surface area contributed by atoms with E-state index >= 15 is 0 Å². The van der Waals surface area contributed by atoms with E-state index in [4.69, 9.17) is 12.2 Å². The van der Waals surface area contributed by atoms with Crippen LogP contribution in [0.4, 0.5) is 0 Å². The van der Waals surface area contributed by atoms with Gasteiger partial charge in [-0.25, -0.2) is 9.97 Å². The van der Waals surface area contributed by atoms with E-state index in [1.54, 1.807) is 0 Å². The fourth-order valence-corrected chi connectivity index (χ4v) is 4.28. The highest BCUT2D eigenvalue weighted by molar-refractivity contribution is 7.98. The monoisotopic (exact) mass is 385 g/mol. The summed E-state index contributed by atoms with van der Waals surface area (Å²) in [5.74, 6) is 0.914. The lowest BCUT2D eigenvalue weighted by Crippen LogP contribution is -2.05. The Hall–Kier alpha value is -2.56. The number of thiocarbonyl (C=S) groups is 1. The average Bonchev–Trinajstić information content (AvgIpc) is 2.74. The van der Waals surface area contributed by atoms with Crippen LogP contribution in [0, 0.1) is 6.33 Å². The second-order valence-corrected chi connectivity index (χ2v) is 7.65. The van der Waals surface area contributed by atoms with Crippen LogP contribution >= 0.6 is 24.0 Å². The summed E-state index contributed by atoms with van der Waals surface area (Å²) in [7, 11) is 0. The van der Waals surface area contributed by atoms with Gasteiger partial charge in [0.2, 0.25) is 0 Å². The summed E-state index contributed by atoms with van der Waals surface area (Å²) in [4.78, 5) is 10.7. The Morgan fingerprint density at radius 1 is 1.00 bits per heavy atom. The zero-order chi connectivity index (χ0) is 18.5. The molecule has 2 nitrogen and oxygen atoms in total. The molecule has 0 fully saturated rings. The number of aromatic nitrogens is 2. The number of hydrogen-bond donors (Lipinski definition) is 0. The number of rotatable bonds is 5. The fourth-order valence-electron chi connectivity index (χ4n) is 3.00. The summed E-state index contributed by atoms with van der Waals surface area (Å²) in [6.07, 6.45) is 11.5. The molecule has 0 saturated carbocycles. The molecule has 0 atom stereocenters. The van der Waals surface area contributed by atoms with Gasteiger partial charge in [-0.3, -0.25) is 0 Å². The molecule has 0 saturated heterocycles. The van der Waals surface area contributed by atoms with Crippen molar-refractivity contribution in [2.45, 2.75) is 17.1 Å². The predicted molar refractivity (Wildman–Crippen MR) is 117 cm³/mol. The highest BCUT2D eigenvalue weighted by atomic mass is 32.2. The van der Waals surface area contributed by atoms with Gasteiger partial charge >= 0.3 is 0 Å². The van der Waals surface area contributed by atoms with Crippen molar-refractivity contribution in [3.8, 4) is 11.1 Å². The van der Waals surface area contributed by atoms with Crippen LogP contribution in [0.5, 0.6) is 0 Å². The normalized spacial score (nSPS) is 13.5. The highest BCUT2D eigenvalue weighted by Gasteiger charge is 2.18. The van der Waals surface area contributed by atoms with E-state index in [1.807, 2.05) is 36.2 Å². The van der Waals surface area contributed by atoms with Gasteiger partial charge in [0.25, 0.3) is 0 Å². The van der Waals surface area contributed by atoms with Crippen molar-refractivity contribution in [2.75, 3.05) is 0 Å². The second-order valence-electron chi connectivity index (χ2n) is 6.14. The van der Waals surface area contributed by atoms with Crippen molar-refractivity contribution in [1.82, 2.24) is 9.97 Å². The Labute approximate surface area is 169 Å². The van der Waals surface area contributed by atoms with Crippen LogP contribution in [0.15, 0.2) is 83.9 Å². The van der Waals surface area contributed by atoms with Crippen LogP contribution < -0.4 is 0 Å². The third-order valence-electron chi connectivity index (χ3n) is 4.34. The average molecular weight is 386 g/mol. The first-order valence-electron chi connectivity index (χ1n) is 8.72. The van der Waals surface area contributed by atoms with Gasteiger partial charge in [-0.15, -0.1) is 11.8 Å². The second kappa shape index (κ2) is 8.42. The highest BCUT2D eigenvalue weighted by Crippen LogP contribution is 2.36. The molecule has 0 aliphatic heterocycles. The molecule has 4 heteroatoms. The van der Waals surface area contributed by atoms with Crippen LogP contribution in [-0.2, 0) is 5.75 Å². The number of allylic oxidation sites excluding steroid dienone is 4. The van der Waals surface area contributed by atoms with E-state index in [2.05, 4.69) is 70.9 Å². The zero-order valence-corrected chi connectivity index (χ0v) is 16.3. The van der Waals surface area contributed by atoms with E-state index in [0.29, 0.717) is 0 Å². The molecule has 0 amide bonds. The topological polar surface area (TPSA) is 25.8 Å². The van der Waals surface area contributed by atoms with Gasteiger partial charge in [0.15, 0.2) is 6.33 Å². The Balaban J connectivity index is 1.72. The molecule has 0 N–H and O–H groups in total. The first kappa shape index (κ1) is 17.8. The Bertz CT molecular complexity index is 1020. The van der Waals surface area contributed by atoms with Gasteiger partial charge in [-0.2, -0.15) is 0 Å². The molecular weight excluding hydrogens is 368 g/mol. The van der Waals surface area contributed by atoms with Gasteiger partial charge in [0.1, 0.15) is 0 Å². The first-order chi connectivity index (χ1) is 13.3. The van der Waals surface area contributed by atoms with Crippen molar-refractivity contribution >= 4 is 34.4 Å². The van der Waals surface area contributed by atoms with Crippen LogP contribution in [0.1, 0.15) is 17.7 Å². The molecule has 3 aromatic rings. The fraction of sp³-hybridized carbons (Fsp3) is 0.0870. The largest absolute Gasteiger partial charge is 0.233 e. The molecule has 1 radical (unpaired) electrons. The number of hydrogen-bond acceptors (Lipinski definition) is 4. The van der Waals surface area contributed by atoms with E-state index in [1.165, 1.54) is 10.5 Å². The number of benzene rings is 2. The van der Waals surface area contributed by atoms with Crippen LogP contribution in [0.2, 0.25) is 0 Å². The van der Waals surface area contributed by atoms with Gasteiger partial charge in [-0.05, 0) is 17.2 Å². The summed E-state index contributed by atoms with van der Waals surface area (Å²) in [5, 5.41) is 0. The van der Waals surface area contributed by atoms with Gasteiger partial charge in [-0.1, -0.05) is 79.0 Å². The lowest BCUT2D eigenvalue weighted by atomic mass is 9.95. The number of thioether (sulfide) groups is 1. The summed E-state index contributed by atoms with van der Waals surface area (Å²) >= 11 is 7.39. The molecule has 2 aromatic carbocycles. The zero-order valence-electron chi connectivity index (χ0n) is 14.6. The van der Waals surface area contributed by atoms with Crippen molar-refractivity contribution in [3.63, 3.8) is 0 Å². The molecule has 1 aliphatic carbocycles. The maximum Gasteiger partial charge on any atom is 0.198 e. The third-order valence-corrected chi connectivity index (χ3v) is 5.87. The van der Waals surface area contributed by atoms with E-state index in [9.17, 15) is 0 Å². The van der Waals surface area contributed by atoms with Gasteiger partial charge in [0, 0.05) is 39.3 Å². The van der Waals surface area contributed by atoms with E-state index < -0.39 is 0 Å². The smallest absolute Gasteiger partial charge is 0.198 e. The molecular formula is C23H17N2S2. The molecule has 0 unspecified atom stereocenters. The molecule has 27 heavy (non-hydrogen) atoms. The van der Waals surface area contributed by atoms with Crippen LogP contribution in [0.25, 0.3) is 16.7 Å². The van der Waals surface area contributed by atoms with Crippen LogP contribution in [-0.4, -0.2) is 14.8 Å². The lowest BCUT2D eigenvalue weighted by Gasteiger charge is -2.16. The van der Waals surface area contributed by atoms with Crippen molar-refractivity contribution in [2.24, 2.45) is 0 Å². The summed E-state index contributed by atoms with van der Waals surface area (Å²) in [5.41, 5.74) is 5.27. The molecule has 1 aromatic heterocycles. The van der Waals surface area contributed by atoms with Crippen molar-refractivity contribution in [3.05, 3.63) is 96.6 Å². The standard InChI is InChI=1S/C23H17N2S2/c26-21-12-6-4-11-19(21)23-20(14-24-16-25-23)18-10-5-7-13-22(18)27-15-17-8-2-1-3-9-17/h1-11,13-14H,12,15H2. The molecule has 1 aliphatic rings. The quantitative estimate of drug-likeness (QED) is 0.400. The SMILES string of the molecule is S=C1CC=CC=C1c1n[c]ncc1-c1ccccc1SCc1ccccc1. The van der Waals surface area contributed by atoms with Crippen molar-refractivity contribution < 1.29 is 0 Å². The summed E-state index contributed by atoms with van der Waals surface area (Å²) in [6.45, 7) is 0. The molecule has 0 spiro atoms.